The molecule has 1 atom stereocenters. The minimum atomic E-state index is -0.131. The van der Waals surface area contributed by atoms with E-state index < -0.39 is 0 Å². The number of carbonyl (C=O) groups excluding carboxylic acids is 1. The molecular weight excluding hydrogens is 440 g/mol. The lowest BCUT2D eigenvalue weighted by Crippen LogP contribution is -2.36. The lowest BCUT2D eigenvalue weighted by Gasteiger charge is -2.23. The normalized spacial score (nSPS) is 15.1. The van der Waals surface area contributed by atoms with Crippen LogP contribution in [-0.2, 0) is 16.1 Å². The Balaban J connectivity index is 1.44. The molecule has 0 unspecified atom stereocenters. The van der Waals surface area contributed by atoms with Gasteiger partial charge >= 0.3 is 0 Å². The van der Waals surface area contributed by atoms with Crippen LogP contribution in [0.25, 0.3) is 0 Å². The third-order valence-electron chi connectivity index (χ3n) is 6.17. The first-order chi connectivity index (χ1) is 17.2. The van der Waals surface area contributed by atoms with E-state index in [1.54, 1.807) is 12.4 Å². The Hall–Kier alpha value is -3.44. The van der Waals surface area contributed by atoms with Crippen LogP contribution in [0.3, 0.4) is 0 Å². The zero-order chi connectivity index (χ0) is 24.6. The molecule has 3 rings (SSSR count). The van der Waals surface area contributed by atoms with Crippen molar-refractivity contribution in [1.29, 1.82) is 5.26 Å². The topological polar surface area (TPSA) is 111 Å². The Labute approximate surface area is 208 Å². The second-order valence-electron chi connectivity index (χ2n) is 8.91. The summed E-state index contributed by atoms with van der Waals surface area (Å²) in [6, 6.07) is 13.8. The summed E-state index contributed by atoms with van der Waals surface area (Å²) in [5.41, 5.74) is 4.73. The van der Waals surface area contributed by atoms with E-state index in [2.05, 4.69) is 38.2 Å². The number of rotatable bonds is 12. The second kappa shape index (κ2) is 15.5. The zero-order valence-electron chi connectivity index (χ0n) is 20.3. The molecule has 0 aliphatic heterocycles. The van der Waals surface area contributed by atoms with Crippen LogP contribution >= 0.6 is 0 Å². The molecule has 1 saturated carbocycles. The Morgan fingerprint density at radius 2 is 1.86 bits per heavy atom. The van der Waals surface area contributed by atoms with Gasteiger partial charge in [0.2, 0.25) is 11.9 Å². The molecule has 0 radical (unpaired) electrons. The fourth-order valence-corrected chi connectivity index (χ4v) is 4.24. The molecule has 1 aliphatic carbocycles. The molecule has 1 fully saturated rings. The molecule has 0 saturated heterocycles. The number of unbranched alkanes of at least 4 members (excludes halogenated alkanes) is 2. The summed E-state index contributed by atoms with van der Waals surface area (Å²) in [5.74, 6) is 0.257. The quantitative estimate of drug-likeness (QED) is 0.102. The van der Waals surface area contributed by atoms with E-state index in [0.29, 0.717) is 18.9 Å². The zero-order valence-corrected chi connectivity index (χ0v) is 20.3. The summed E-state index contributed by atoms with van der Waals surface area (Å²) in [6.45, 7) is 0.586. The number of hydrogen-bond donors (Lipinski definition) is 3. The van der Waals surface area contributed by atoms with Crippen LogP contribution in [0.1, 0.15) is 63.4 Å². The van der Waals surface area contributed by atoms with Gasteiger partial charge in [-0.3, -0.25) is 24.9 Å². The Morgan fingerprint density at radius 3 is 2.60 bits per heavy atom. The lowest BCUT2D eigenvalue weighted by molar-refractivity contribution is -0.144. The number of nitriles is 1. The largest absolute Gasteiger partial charge is 0.325 e. The summed E-state index contributed by atoms with van der Waals surface area (Å²) in [7, 11) is 0. The number of amides is 1. The number of pyridine rings is 1. The van der Waals surface area contributed by atoms with Crippen molar-refractivity contribution in [3.63, 3.8) is 0 Å². The smallest absolute Gasteiger partial charge is 0.246 e. The molecule has 0 bridgehead atoms. The maximum absolute atomic E-state index is 12.9. The number of nitrogens with one attached hydrogen (secondary N) is 3. The number of aliphatic imine (C=N–C) groups is 1. The first-order valence-corrected chi connectivity index (χ1v) is 12.6. The first-order valence-electron chi connectivity index (χ1n) is 12.6. The number of guanidine groups is 1. The number of hydrogen-bond acceptors (Lipinski definition) is 5. The first kappa shape index (κ1) is 26.2. The van der Waals surface area contributed by atoms with E-state index in [1.165, 1.54) is 19.3 Å². The summed E-state index contributed by atoms with van der Waals surface area (Å²) < 4.78 is 0. The van der Waals surface area contributed by atoms with E-state index >= 15 is 0 Å². The van der Waals surface area contributed by atoms with E-state index in [1.807, 2.05) is 36.5 Å². The molecule has 3 N–H and O–H groups in total. The molecule has 1 aromatic heterocycles. The van der Waals surface area contributed by atoms with Gasteiger partial charge in [0.1, 0.15) is 0 Å². The second-order valence-corrected chi connectivity index (χ2v) is 8.91. The predicted octanol–water partition coefficient (Wildman–Crippen LogP) is 4.72. The number of carbonyl (C=O) groups is 1. The van der Waals surface area contributed by atoms with Gasteiger partial charge in [-0.1, -0.05) is 62.4 Å². The van der Waals surface area contributed by atoms with E-state index in [0.717, 1.165) is 49.8 Å². The minimum absolute atomic E-state index is 0.0282. The van der Waals surface area contributed by atoms with Crippen molar-refractivity contribution < 1.29 is 9.63 Å². The number of nitrogens with zero attached hydrogens (tertiary/aromatic N) is 3. The van der Waals surface area contributed by atoms with Crippen LogP contribution in [-0.4, -0.2) is 29.5 Å². The van der Waals surface area contributed by atoms with Gasteiger partial charge in [-0.25, -0.2) is 5.48 Å². The molecule has 1 aliphatic rings. The molecule has 186 valence electrons. The van der Waals surface area contributed by atoms with Gasteiger partial charge in [0.05, 0.1) is 6.10 Å². The summed E-state index contributed by atoms with van der Waals surface area (Å²) in [6.07, 6.45) is 15.2. The van der Waals surface area contributed by atoms with Crippen LogP contribution in [0.2, 0.25) is 0 Å². The van der Waals surface area contributed by atoms with E-state index in [9.17, 15) is 4.79 Å². The van der Waals surface area contributed by atoms with Crippen molar-refractivity contribution in [2.75, 3.05) is 11.9 Å². The average molecular weight is 477 g/mol. The van der Waals surface area contributed by atoms with Gasteiger partial charge in [0.25, 0.3) is 0 Å². The average Bonchev–Trinajstić information content (AvgIpc) is 2.90. The number of hydroxylamine groups is 1. The van der Waals surface area contributed by atoms with Gasteiger partial charge in [0, 0.05) is 30.5 Å². The van der Waals surface area contributed by atoms with Crippen LogP contribution in [0.5, 0.6) is 0 Å². The maximum atomic E-state index is 12.9. The van der Waals surface area contributed by atoms with Crippen LogP contribution in [0, 0.1) is 17.4 Å². The van der Waals surface area contributed by atoms with Crippen molar-refractivity contribution in [1.82, 2.24) is 15.8 Å². The molecule has 0 spiro atoms. The van der Waals surface area contributed by atoms with Crippen molar-refractivity contribution in [3.8, 4) is 6.19 Å². The SMILES string of the molecule is N#CNC(=NCCCCC[C@@H](Cc1ccccc1)C(=O)NOC1CCCCC1)Nc1ccncc1. The highest BCUT2D eigenvalue weighted by Crippen LogP contribution is 2.21. The van der Waals surface area contributed by atoms with Crippen LogP contribution < -0.4 is 16.1 Å². The van der Waals surface area contributed by atoms with Gasteiger partial charge in [0.15, 0.2) is 6.19 Å². The van der Waals surface area contributed by atoms with Crippen LogP contribution in [0.4, 0.5) is 5.69 Å². The van der Waals surface area contributed by atoms with Crippen molar-refractivity contribution in [2.45, 2.75) is 70.3 Å². The van der Waals surface area contributed by atoms with Crippen molar-refractivity contribution in [3.05, 3.63) is 60.4 Å². The summed E-state index contributed by atoms with van der Waals surface area (Å²) in [4.78, 5) is 27.1. The summed E-state index contributed by atoms with van der Waals surface area (Å²) in [5, 5.41) is 14.6. The number of benzene rings is 1. The van der Waals surface area contributed by atoms with Gasteiger partial charge in [-0.2, -0.15) is 5.26 Å². The fraction of sp³-hybridized carbons (Fsp3) is 0.481. The molecule has 35 heavy (non-hydrogen) atoms. The third-order valence-corrected chi connectivity index (χ3v) is 6.17. The molecule has 8 nitrogen and oxygen atoms in total. The Bertz CT molecular complexity index is 939. The molecule has 8 heteroatoms. The highest BCUT2D eigenvalue weighted by molar-refractivity contribution is 5.94. The third kappa shape index (κ3) is 10.1. The monoisotopic (exact) mass is 476 g/mol. The minimum Gasteiger partial charge on any atom is -0.325 e. The molecular formula is C27H36N6O2. The molecule has 1 amide bonds. The Kier molecular flexibility index (Phi) is 11.6. The van der Waals surface area contributed by atoms with Gasteiger partial charge < -0.3 is 5.32 Å². The van der Waals surface area contributed by atoms with E-state index in [4.69, 9.17) is 10.1 Å². The van der Waals surface area contributed by atoms with Gasteiger partial charge in [-0.15, -0.1) is 0 Å². The predicted molar refractivity (Wildman–Crippen MR) is 137 cm³/mol. The molecule has 2 aromatic rings. The molecule has 1 aromatic carbocycles. The fourth-order valence-electron chi connectivity index (χ4n) is 4.24. The summed E-state index contributed by atoms with van der Waals surface area (Å²) >= 11 is 0. The Morgan fingerprint density at radius 1 is 1.09 bits per heavy atom. The lowest BCUT2D eigenvalue weighted by atomic mass is 9.93. The molecule has 1 heterocycles. The van der Waals surface area contributed by atoms with Crippen molar-refractivity contribution in [2.24, 2.45) is 10.9 Å². The highest BCUT2D eigenvalue weighted by Gasteiger charge is 2.21. The highest BCUT2D eigenvalue weighted by atomic mass is 16.7. The van der Waals surface area contributed by atoms with Gasteiger partial charge in [-0.05, 0) is 49.8 Å². The van der Waals surface area contributed by atoms with E-state index in [-0.39, 0.29) is 17.9 Å². The van der Waals surface area contributed by atoms with Crippen LogP contribution in [0.15, 0.2) is 59.9 Å². The number of aromatic nitrogens is 1. The maximum Gasteiger partial charge on any atom is 0.246 e. The number of anilines is 1. The van der Waals surface area contributed by atoms with Crippen molar-refractivity contribution >= 4 is 17.6 Å². The standard InChI is InChI=1S/C27H36N6O2/c28-21-31-27(32-24-15-18-29-19-16-24)30-17-9-3-6-12-23(20-22-10-4-1-5-11-22)26(34)33-35-25-13-7-2-8-14-25/h1,4-5,10-11,15-16,18-19,23,25H,2-3,6-9,12-14,17,20H2,(H,33,34)(H2,29,30,31,32)/t23-/m0/s1.